The lowest BCUT2D eigenvalue weighted by molar-refractivity contribution is -0.946. The van der Waals surface area contributed by atoms with Crippen molar-refractivity contribution in [2.45, 2.75) is 50.2 Å². The van der Waals surface area contributed by atoms with Gasteiger partial charge in [0.25, 0.3) is 0 Å². The highest BCUT2D eigenvalue weighted by molar-refractivity contribution is 5.24. The molecular formula is C28H38NO3+. The summed E-state index contributed by atoms with van der Waals surface area (Å²) in [5.41, 5.74) is 0.174. The Hall–Kier alpha value is -1.88. The Balaban J connectivity index is 1.17. The van der Waals surface area contributed by atoms with E-state index in [0.29, 0.717) is 18.4 Å². The number of hydrogen-bond acceptors (Lipinski definition) is 3. The van der Waals surface area contributed by atoms with Crippen LogP contribution in [0.25, 0.3) is 0 Å². The summed E-state index contributed by atoms with van der Waals surface area (Å²) in [6.07, 6.45) is 7.26. The van der Waals surface area contributed by atoms with Crippen molar-refractivity contribution in [1.82, 2.24) is 0 Å². The minimum Gasteiger partial charge on any atom is -0.493 e. The molecule has 2 aromatic carbocycles. The summed E-state index contributed by atoms with van der Waals surface area (Å²) in [4.78, 5) is 0. The average Bonchev–Trinajstić information content (AvgIpc) is 2.81. The van der Waals surface area contributed by atoms with Crippen molar-refractivity contribution in [3.8, 4) is 5.75 Å². The van der Waals surface area contributed by atoms with Gasteiger partial charge in [0.05, 0.1) is 32.8 Å². The van der Waals surface area contributed by atoms with Crippen LogP contribution in [-0.2, 0) is 10.3 Å². The number of fused-ring (bicyclic) bond motifs is 3. The summed E-state index contributed by atoms with van der Waals surface area (Å²) >= 11 is 0. The molecule has 2 bridgehead atoms. The van der Waals surface area contributed by atoms with Gasteiger partial charge in [-0.1, -0.05) is 55.0 Å². The lowest BCUT2D eigenvalue weighted by Crippen LogP contribution is -2.65. The first kappa shape index (κ1) is 21.9. The van der Waals surface area contributed by atoms with E-state index in [4.69, 9.17) is 9.47 Å². The Morgan fingerprint density at radius 3 is 2.25 bits per heavy atom. The molecule has 0 radical (unpaired) electrons. The molecule has 2 atom stereocenters. The van der Waals surface area contributed by atoms with Crippen molar-refractivity contribution in [2.24, 2.45) is 11.8 Å². The summed E-state index contributed by atoms with van der Waals surface area (Å²) < 4.78 is 13.7. The van der Waals surface area contributed by atoms with Gasteiger partial charge < -0.3 is 19.1 Å². The van der Waals surface area contributed by atoms with E-state index < -0.39 is 5.60 Å². The maximum atomic E-state index is 11.7. The maximum Gasteiger partial charge on any atom is 0.119 e. The van der Waals surface area contributed by atoms with Gasteiger partial charge in [0.1, 0.15) is 24.0 Å². The second-order valence-corrected chi connectivity index (χ2v) is 10.3. The van der Waals surface area contributed by atoms with E-state index in [-0.39, 0.29) is 6.10 Å². The molecule has 4 heteroatoms. The Bertz CT molecular complexity index is 845. The first-order valence-electron chi connectivity index (χ1n) is 12.6. The summed E-state index contributed by atoms with van der Waals surface area (Å²) in [5.74, 6) is 1.93. The summed E-state index contributed by atoms with van der Waals surface area (Å²) in [6.45, 7) is 5.98. The molecule has 1 saturated carbocycles. The molecule has 32 heavy (non-hydrogen) atoms. The van der Waals surface area contributed by atoms with Gasteiger partial charge in [-0.25, -0.2) is 0 Å². The third kappa shape index (κ3) is 4.59. The highest BCUT2D eigenvalue weighted by atomic mass is 16.5. The molecule has 1 aliphatic carbocycles. The highest BCUT2D eigenvalue weighted by Gasteiger charge is 2.48. The highest BCUT2D eigenvalue weighted by Crippen LogP contribution is 2.44. The van der Waals surface area contributed by atoms with Crippen LogP contribution in [0.15, 0.2) is 60.7 Å². The fraction of sp³-hybridized carbons (Fsp3) is 0.571. The van der Waals surface area contributed by atoms with E-state index in [0.717, 1.165) is 54.8 Å². The van der Waals surface area contributed by atoms with E-state index in [1.165, 1.54) is 32.4 Å². The van der Waals surface area contributed by atoms with Crippen LogP contribution >= 0.6 is 0 Å². The molecule has 172 valence electrons. The Kier molecular flexibility index (Phi) is 6.54. The van der Waals surface area contributed by atoms with E-state index in [9.17, 15) is 5.11 Å². The second kappa shape index (κ2) is 9.54. The molecule has 2 aromatic rings. The number of hydrogen-bond donors (Lipinski definition) is 1. The minimum atomic E-state index is -0.847. The zero-order valence-electron chi connectivity index (χ0n) is 19.2. The fourth-order valence-corrected chi connectivity index (χ4v) is 6.11. The number of rotatable bonds is 10. The largest absolute Gasteiger partial charge is 0.493 e. The molecule has 3 heterocycles. The second-order valence-electron chi connectivity index (χ2n) is 10.3. The lowest BCUT2D eigenvalue weighted by Gasteiger charge is -2.53. The molecule has 0 amide bonds. The number of quaternary nitrogens is 1. The average molecular weight is 437 g/mol. The van der Waals surface area contributed by atoms with Crippen LogP contribution in [0.1, 0.15) is 44.1 Å². The van der Waals surface area contributed by atoms with Crippen molar-refractivity contribution in [3.05, 3.63) is 66.2 Å². The standard InChI is InChI=1S/C28H38NO3/c30-28(25-11-7-12-25,24-9-3-1-4-10-24)22-32-27-21-29(18-15-23(27)16-19-29)17-8-20-31-26-13-5-2-6-14-26/h1-6,9-10,13-14,23,25,27,30H,7-8,11-12,15-22H2/q+1/t23?,27-,28?,29?/m1/s1. The predicted octanol–water partition coefficient (Wildman–Crippen LogP) is 4.77. The molecule has 1 N–H and O–H groups in total. The third-order valence-corrected chi connectivity index (χ3v) is 8.40. The quantitative estimate of drug-likeness (QED) is 0.431. The van der Waals surface area contributed by atoms with Gasteiger partial charge in [0, 0.05) is 25.2 Å². The van der Waals surface area contributed by atoms with Crippen LogP contribution < -0.4 is 4.74 Å². The molecule has 6 rings (SSSR count). The Morgan fingerprint density at radius 1 is 0.906 bits per heavy atom. The van der Waals surface area contributed by atoms with Gasteiger partial charge in [-0.3, -0.25) is 0 Å². The van der Waals surface area contributed by atoms with Crippen LogP contribution in [0.3, 0.4) is 0 Å². The van der Waals surface area contributed by atoms with Crippen molar-refractivity contribution < 1.29 is 19.1 Å². The van der Waals surface area contributed by atoms with Crippen LogP contribution in [0.5, 0.6) is 5.75 Å². The molecule has 4 nitrogen and oxygen atoms in total. The van der Waals surface area contributed by atoms with Crippen LogP contribution in [-0.4, -0.2) is 55.1 Å². The summed E-state index contributed by atoms with van der Waals surface area (Å²) in [6, 6.07) is 20.3. The molecule has 3 saturated heterocycles. The van der Waals surface area contributed by atoms with Gasteiger partial charge >= 0.3 is 0 Å². The number of piperidine rings is 3. The van der Waals surface area contributed by atoms with Gasteiger partial charge in [-0.2, -0.15) is 0 Å². The Labute approximate surface area is 192 Å². The van der Waals surface area contributed by atoms with Crippen molar-refractivity contribution in [3.63, 3.8) is 0 Å². The van der Waals surface area contributed by atoms with Gasteiger partial charge in [0.15, 0.2) is 0 Å². The summed E-state index contributed by atoms with van der Waals surface area (Å²) in [5, 5.41) is 11.7. The number of nitrogens with zero attached hydrogens (tertiary/aromatic N) is 1. The number of aliphatic hydroxyl groups is 1. The molecule has 0 aromatic heterocycles. The first-order valence-corrected chi connectivity index (χ1v) is 12.6. The summed E-state index contributed by atoms with van der Waals surface area (Å²) in [7, 11) is 0. The molecule has 1 unspecified atom stereocenters. The van der Waals surface area contributed by atoms with E-state index >= 15 is 0 Å². The van der Waals surface area contributed by atoms with E-state index in [1.807, 2.05) is 48.5 Å². The SMILES string of the molecule is OC(CO[C@@H]1C[N+]2(CCCOc3ccccc3)CCC1CC2)(c1ccccc1)C1CCC1. The topological polar surface area (TPSA) is 38.7 Å². The predicted molar refractivity (Wildman–Crippen MR) is 126 cm³/mol. The monoisotopic (exact) mass is 436 g/mol. The van der Waals surface area contributed by atoms with Crippen LogP contribution in [0, 0.1) is 11.8 Å². The van der Waals surface area contributed by atoms with Crippen molar-refractivity contribution >= 4 is 0 Å². The van der Waals surface area contributed by atoms with Crippen molar-refractivity contribution in [2.75, 3.05) is 39.4 Å². The normalized spacial score (nSPS) is 29.3. The van der Waals surface area contributed by atoms with Gasteiger partial charge in [-0.15, -0.1) is 0 Å². The lowest BCUT2D eigenvalue weighted by atomic mass is 9.70. The fourth-order valence-electron chi connectivity index (χ4n) is 6.11. The van der Waals surface area contributed by atoms with Gasteiger partial charge in [-0.05, 0) is 36.5 Å². The molecule has 0 spiro atoms. The number of benzene rings is 2. The van der Waals surface area contributed by atoms with Crippen LogP contribution in [0.4, 0.5) is 0 Å². The van der Waals surface area contributed by atoms with Crippen LogP contribution in [0.2, 0.25) is 0 Å². The molecule has 4 aliphatic rings. The Morgan fingerprint density at radius 2 is 1.59 bits per heavy atom. The first-order chi connectivity index (χ1) is 15.7. The maximum absolute atomic E-state index is 11.7. The molecular weight excluding hydrogens is 398 g/mol. The minimum absolute atomic E-state index is 0.267. The third-order valence-electron chi connectivity index (χ3n) is 8.40. The zero-order valence-corrected chi connectivity index (χ0v) is 19.2. The van der Waals surface area contributed by atoms with E-state index in [1.54, 1.807) is 0 Å². The molecule has 3 aliphatic heterocycles. The van der Waals surface area contributed by atoms with Crippen molar-refractivity contribution in [1.29, 1.82) is 0 Å². The van der Waals surface area contributed by atoms with E-state index in [2.05, 4.69) is 12.1 Å². The zero-order chi connectivity index (χ0) is 21.9. The molecule has 4 fully saturated rings. The number of ether oxygens (including phenoxy) is 2. The number of para-hydroxylation sites is 1. The van der Waals surface area contributed by atoms with Gasteiger partial charge in [0.2, 0.25) is 0 Å². The smallest absolute Gasteiger partial charge is 0.119 e.